The van der Waals surface area contributed by atoms with Crippen molar-refractivity contribution in [1.29, 1.82) is 0 Å². The number of fused-ring (bicyclic) bond motifs is 2. The molecular formula is C26H33NO8. The maximum atomic E-state index is 13.4. The minimum Gasteiger partial charge on any atom is -0.507 e. The molecule has 1 aromatic carbocycles. The summed E-state index contributed by atoms with van der Waals surface area (Å²) in [4.78, 5) is 26.7. The van der Waals surface area contributed by atoms with Crippen molar-refractivity contribution in [1.82, 2.24) is 0 Å². The van der Waals surface area contributed by atoms with E-state index in [1.54, 1.807) is 6.92 Å². The molecular weight excluding hydrogens is 454 g/mol. The zero-order valence-corrected chi connectivity index (χ0v) is 19.9. The van der Waals surface area contributed by atoms with E-state index in [4.69, 9.17) is 15.2 Å². The van der Waals surface area contributed by atoms with Crippen molar-refractivity contribution >= 4 is 11.6 Å². The van der Waals surface area contributed by atoms with Crippen LogP contribution in [-0.2, 0) is 9.47 Å². The minimum absolute atomic E-state index is 0.00541. The highest BCUT2D eigenvalue weighted by atomic mass is 16.7. The molecule has 1 aliphatic heterocycles. The summed E-state index contributed by atoms with van der Waals surface area (Å²) >= 11 is 0. The average molecular weight is 488 g/mol. The Kier molecular flexibility index (Phi) is 6.14. The van der Waals surface area contributed by atoms with Crippen molar-refractivity contribution in [3.8, 4) is 5.75 Å². The molecule has 1 aromatic rings. The van der Waals surface area contributed by atoms with Crippen molar-refractivity contribution in [3.63, 3.8) is 0 Å². The first kappa shape index (κ1) is 24.5. The lowest BCUT2D eigenvalue weighted by atomic mass is 9.59. The fourth-order valence-electron chi connectivity index (χ4n) is 6.48. The van der Waals surface area contributed by atoms with Gasteiger partial charge in [0.25, 0.3) is 0 Å². The molecule has 1 heterocycles. The Balaban J connectivity index is 1.50. The number of aliphatic hydroxyl groups excluding tert-OH is 2. The number of nitrogens with two attached hydrogens (primary N) is 1. The van der Waals surface area contributed by atoms with Gasteiger partial charge in [-0.2, -0.15) is 0 Å². The van der Waals surface area contributed by atoms with Gasteiger partial charge >= 0.3 is 0 Å². The Morgan fingerprint density at radius 2 is 1.94 bits per heavy atom. The number of phenols is 1. The van der Waals surface area contributed by atoms with Crippen molar-refractivity contribution in [2.24, 2.45) is 17.6 Å². The number of ketones is 2. The molecule has 0 amide bonds. The second kappa shape index (κ2) is 8.76. The van der Waals surface area contributed by atoms with Gasteiger partial charge < -0.3 is 35.6 Å². The molecule has 9 nitrogen and oxygen atoms in total. The van der Waals surface area contributed by atoms with E-state index in [1.807, 2.05) is 6.92 Å². The normalized spacial score (nSPS) is 41.3. The predicted molar refractivity (Wildman–Crippen MR) is 124 cm³/mol. The van der Waals surface area contributed by atoms with Gasteiger partial charge in [0.05, 0.1) is 35.6 Å². The molecule has 0 bridgehead atoms. The molecule has 9 unspecified atom stereocenters. The molecule has 190 valence electrons. The van der Waals surface area contributed by atoms with Crippen LogP contribution in [0.1, 0.15) is 66.7 Å². The number of aliphatic hydroxyl groups is 3. The number of allylic oxidation sites excluding steroid dienone is 1. The molecule has 0 spiro atoms. The standard InChI is InChI=1S/C26H33NO8/c1-3-26(33)9-12-7-14-21(25(32)20-13(23(14)30)5-4-6-16(20)28)24(31)19(12)17(10-26)35-18-8-15(27)22(29)11(2)34-18/h4-6,11-12,15,17-19,22,24,28-29,31,33H,3,7-10,27H2,1-2H3. The van der Waals surface area contributed by atoms with Crippen molar-refractivity contribution in [2.75, 3.05) is 0 Å². The van der Waals surface area contributed by atoms with Gasteiger partial charge in [-0.05, 0) is 38.2 Å². The van der Waals surface area contributed by atoms with Crippen LogP contribution in [0.5, 0.6) is 5.75 Å². The van der Waals surface area contributed by atoms with Gasteiger partial charge in [0.2, 0.25) is 0 Å². The van der Waals surface area contributed by atoms with Crippen LogP contribution in [0.4, 0.5) is 0 Å². The summed E-state index contributed by atoms with van der Waals surface area (Å²) in [7, 11) is 0. The van der Waals surface area contributed by atoms with Gasteiger partial charge in [-0.1, -0.05) is 19.1 Å². The Bertz CT molecular complexity index is 1070. The third-order valence-electron chi connectivity index (χ3n) is 8.42. The third-order valence-corrected chi connectivity index (χ3v) is 8.42. The average Bonchev–Trinajstić information content (AvgIpc) is 2.80. The Morgan fingerprint density at radius 1 is 1.20 bits per heavy atom. The summed E-state index contributed by atoms with van der Waals surface area (Å²) in [5.74, 6) is -2.09. The quantitative estimate of drug-likeness (QED) is 0.422. The van der Waals surface area contributed by atoms with Crippen LogP contribution in [0, 0.1) is 11.8 Å². The van der Waals surface area contributed by atoms with E-state index in [0.717, 1.165) is 0 Å². The number of rotatable bonds is 3. The smallest absolute Gasteiger partial charge is 0.196 e. The first-order chi connectivity index (χ1) is 16.5. The molecule has 5 rings (SSSR count). The Hall–Kier alpha value is -2.14. The number of aromatic hydroxyl groups is 1. The number of carbonyl (C=O) groups is 2. The number of benzene rings is 1. The van der Waals surface area contributed by atoms with Crippen LogP contribution in [0.3, 0.4) is 0 Å². The fraction of sp³-hybridized carbons (Fsp3) is 0.615. The van der Waals surface area contributed by atoms with Crippen LogP contribution in [0.2, 0.25) is 0 Å². The van der Waals surface area contributed by atoms with Crippen LogP contribution < -0.4 is 5.73 Å². The van der Waals surface area contributed by atoms with E-state index in [9.17, 15) is 30.0 Å². The van der Waals surface area contributed by atoms with Crippen LogP contribution in [-0.4, -0.2) is 74.3 Å². The second-order valence-electron chi connectivity index (χ2n) is 10.6. The molecule has 4 aliphatic rings. The number of ether oxygens (including phenoxy) is 2. The number of phenolic OH excluding ortho intramolecular Hbond substituents is 1. The molecule has 1 saturated carbocycles. The second-order valence-corrected chi connectivity index (χ2v) is 10.6. The predicted octanol–water partition coefficient (Wildman–Crippen LogP) is 1.21. The van der Waals surface area contributed by atoms with E-state index >= 15 is 0 Å². The van der Waals surface area contributed by atoms with Crippen LogP contribution in [0.15, 0.2) is 29.3 Å². The molecule has 9 atom stereocenters. The van der Waals surface area contributed by atoms with Crippen molar-refractivity contribution < 1.29 is 39.5 Å². The van der Waals surface area contributed by atoms with Gasteiger partial charge in [0, 0.05) is 41.5 Å². The molecule has 6 N–H and O–H groups in total. The topological polar surface area (TPSA) is 160 Å². The van der Waals surface area contributed by atoms with Crippen LogP contribution in [0.25, 0.3) is 0 Å². The van der Waals surface area contributed by atoms with Gasteiger partial charge in [-0.15, -0.1) is 0 Å². The van der Waals surface area contributed by atoms with Gasteiger partial charge in [-0.3, -0.25) is 9.59 Å². The summed E-state index contributed by atoms with van der Waals surface area (Å²) in [5, 5.41) is 43.2. The summed E-state index contributed by atoms with van der Waals surface area (Å²) in [5.41, 5.74) is 5.29. The zero-order valence-electron chi connectivity index (χ0n) is 19.9. The first-order valence-electron chi connectivity index (χ1n) is 12.3. The summed E-state index contributed by atoms with van der Waals surface area (Å²) in [6, 6.07) is 3.82. The highest BCUT2D eigenvalue weighted by molar-refractivity contribution is 6.28. The van der Waals surface area contributed by atoms with Crippen molar-refractivity contribution in [2.45, 2.75) is 88.3 Å². The van der Waals surface area contributed by atoms with Gasteiger partial charge in [0.1, 0.15) is 5.75 Å². The van der Waals surface area contributed by atoms with E-state index < -0.39 is 54.0 Å². The zero-order chi connectivity index (χ0) is 25.2. The minimum atomic E-state index is -1.31. The maximum Gasteiger partial charge on any atom is 0.196 e. The van der Waals surface area contributed by atoms with Crippen molar-refractivity contribution in [3.05, 3.63) is 40.5 Å². The Morgan fingerprint density at radius 3 is 2.63 bits per heavy atom. The monoisotopic (exact) mass is 487 g/mol. The largest absolute Gasteiger partial charge is 0.507 e. The van der Waals surface area contributed by atoms with Gasteiger partial charge in [-0.25, -0.2) is 0 Å². The summed E-state index contributed by atoms with van der Waals surface area (Å²) in [6.07, 6.45) is -2.59. The number of hydrogen-bond acceptors (Lipinski definition) is 9. The fourth-order valence-corrected chi connectivity index (χ4v) is 6.48. The maximum absolute atomic E-state index is 13.4. The lowest BCUT2D eigenvalue weighted by Crippen LogP contribution is -2.57. The molecule has 0 radical (unpaired) electrons. The molecule has 35 heavy (non-hydrogen) atoms. The highest BCUT2D eigenvalue weighted by Gasteiger charge is 2.55. The van der Waals surface area contributed by atoms with E-state index in [0.29, 0.717) is 12.8 Å². The number of carbonyl (C=O) groups excluding carboxylic acids is 2. The van der Waals surface area contributed by atoms with Gasteiger partial charge in [0.15, 0.2) is 17.9 Å². The lowest BCUT2D eigenvalue weighted by Gasteiger charge is -2.51. The molecule has 0 aromatic heterocycles. The van der Waals surface area contributed by atoms with E-state index in [1.165, 1.54) is 18.2 Å². The molecule has 1 saturated heterocycles. The highest BCUT2D eigenvalue weighted by Crippen LogP contribution is 2.51. The number of Topliss-reactive ketones (excluding diaryl/α,β-unsaturated/α-hetero) is 2. The number of hydrogen-bond donors (Lipinski definition) is 5. The molecule has 2 fully saturated rings. The summed E-state index contributed by atoms with van der Waals surface area (Å²) < 4.78 is 12.1. The van der Waals surface area contributed by atoms with Crippen LogP contribution >= 0.6 is 0 Å². The Labute approximate surface area is 203 Å². The SMILES string of the molecule is CCC1(O)CC2CC3=C(C(=O)c4c(O)cccc4C3=O)C(O)C2C(OC2CC(N)C(O)C(C)O2)C1. The molecule has 3 aliphatic carbocycles. The first-order valence-corrected chi connectivity index (χ1v) is 12.3. The third kappa shape index (κ3) is 3.94. The van der Waals surface area contributed by atoms with E-state index in [2.05, 4.69) is 0 Å². The lowest BCUT2D eigenvalue weighted by molar-refractivity contribution is -0.266. The van der Waals surface area contributed by atoms with E-state index in [-0.39, 0.29) is 59.0 Å². The summed E-state index contributed by atoms with van der Waals surface area (Å²) in [6.45, 7) is 3.58. The molecule has 9 heteroatoms.